The molecule has 0 aliphatic carbocycles. The number of nitrogens with zero attached hydrogens (tertiary/aromatic N) is 2. The van der Waals surface area contributed by atoms with E-state index in [-0.39, 0.29) is 17.9 Å². The van der Waals surface area contributed by atoms with Gasteiger partial charge < -0.3 is 14.5 Å². The Morgan fingerprint density at radius 3 is 2.55 bits per heavy atom. The molecule has 0 spiro atoms. The zero-order valence-electron chi connectivity index (χ0n) is 17.1. The molecular formula is C23H24Cl2N2O3S. The van der Waals surface area contributed by atoms with E-state index in [1.807, 2.05) is 40.1 Å². The van der Waals surface area contributed by atoms with Crippen LogP contribution in [0.15, 0.2) is 47.4 Å². The lowest BCUT2D eigenvalue weighted by Crippen LogP contribution is -2.52. The van der Waals surface area contributed by atoms with E-state index in [9.17, 15) is 9.59 Å². The molecule has 2 heterocycles. The molecule has 2 aliphatic rings. The molecule has 2 saturated heterocycles. The van der Waals surface area contributed by atoms with Crippen LogP contribution >= 0.6 is 35.0 Å². The number of carbonyl (C=O) groups is 2. The van der Waals surface area contributed by atoms with Crippen molar-refractivity contribution in [2.45, 2.75) is 29.6 Å². The summed E-state index contributed by atoms with van der Waals surface area (Å²) in [6.45, 7) is 2.83. The minimum Gasteiger partial charge on any atom is -0.368 e. The van der Waals surface area contributed by atoms with Crippen molar-refractivity contribution in [3.63, 3.8) is 0 Å². The Hall–Kier alpha value is -1.73. The molecule has 31 heavy (non-hydrogen) atoms. The van der Waals surface area contributed by atoms with Crippen LogP contribution < -0.4 is 0 Å². The Labute approximate surface area is 196 Å². The highest BCUT2D eigenvalue weighted by atomic mass is 35.5. The SMILES string of the molecule is O=C(c1cccc(CSc2cc(Cl)ccc2Cl)c1)N1CCN(C(=O)C2CCCO2)CC1. The van der Waals surface area contributed by atoms with Crippen molar-refractivity contribution < 1.29 is 14.3 Å². The van der Waals surface area contributed by atoms with Crippen LogP contribution in [0.1, 0.15) is 28.8 Å². The van der Waals surface area contributed by atoms with Crippen LogP contribution in [0.5, 0.6) is 0 Å². The van der Waals surface area contributed by atoms with Crippen LogP contribution in [-0.4, -0.2) is 60.5 Å². The predicted octanol–water partition coefficient (Wildman–Crippen LogP) is 4.75. The van der Waals surface area contributed by atoms with Crippen LogP contribution in [0.3, 0.4) is 0 Å². The van der Waals surface area contributed by atoms with E-state index in [2.05, 4.69) is 0 Å². The second kappa shape index (κ2) is 10.3. The minimum atomic E-state index is -0.301. The molecule has 0 saturated carbocycles. The van der Waals surface area contributed by atoms with Crippen LogP contribution in [-0.2, 0) is 15.3 Å². The molecule has 2 aromatic carbocycles. The van der Waals surface area contributed by atoms with Gasteiger partial charge in [-0.3, -0.25) is 9.59 Å². The molecule has 0 aromatic heterocycles. The van der Waals surface area contributed by atoms with Crippen LogP contribution in [0.2, 0.25) is 10.0 Å². The van der Waals surface area contributed by atoms with E-state index in [0.717, 1.165) is 23.3 Å². The van der Waals surface area contributed by atoms with Gasteiger partial charge in [-0.25, -0.2) is 0 Å². The number of piperazine rings is 1. The molecule has 8 heteroatoms. The van der Waals surface area contributed by atoms with Crippen molar-refractivity contribution in [2.24, 2.45) is 0 Å². The molecule has 0 N–H and O–H groups in total. The number of carbonyl (C=O) groups excluding carboxylic acids is 2. The summed E-state index contributed by atoms with van der Waals surface area (Å²) < 4.78 is 5.50. The summed E-state index contributed by atoms with van der Waals surface area (Å²) in [5.41, 5.74) is 1.70. The maximum atomic E-state index is 13.0. The summed E-state index contributed by atoms with van der Waals surface area (Å²) in [5.74, 6) is 0.741. The fourth-order valence-corrected chi connectivity index (χ4v) is 5.27. The third-order valence-corrected chi connectivity index (χ3v) is 7.35. The first kappa shape index (κ1) is 22.5. The lowest BCUT2D eigenvalue weighted by atomic mass is 10.1. The van der Waals surface area contributed by atoms with Gasteiger partial charge in [-0.1, -0.05) is 35.3 Å². The molecule has 1 atom stereocenters. The van der Waals surface area contributed by atoms with Crippen molar-refractivity contribution in [3.05, 3.63) is 63.6 Å². The second-order valence-corrected chi connectivity index (χ2v) is 9.54. The Bertz CT molecular complexity index is 958. The van der Waals surface area contributed by atoms with Gasteiger partial charge in [0, 0.05) is 54.0 Å². The number of hydrogen-bond acceptors (Lipinski definition) is 4. The van der Waals surface area contributed by atoms with E-state index in [4.69, 9.17) is 27.9 Å². The number of rotatable bonds is 5. The van der Waals surface area contributed by atoms with Gasteiger partial charge in [0.15, 0.2) is 0 Å². The van der Waals surface area contributed by atoms with E-state index in [1.54, 1.807) is 23.9 Å². The molecule has 0 bridgehead atoms. The van der Waals surface area contributed by atoms with E-state index < -0.39 is 0 Å². The number of ether oxygens (including phenoxy) is 1. The second-order valence-electron chi connectivity index (χ2n) is 7.68. The standard InChI is InChI=1S/C23H24Cl2N2O3S/c24-18-6-7-19(25)21(14-18)31-15-16-3-1-4-17(13-16)22(28)26-8-10-27(11-9-26)23(29)20-5-2-12-30-20/h1,3-4,6-7,13-14,20H,2,5,8-12,15H2. The zero-order chi connectivity index (χ0) is 21.8. The molecule has 2 aromatic rings. The van der Waals surface area contributed by atoms with Crippen molar-refractivity contribution in [1.82, 2.24) is 9.80 Å². The highest BCUT2D eigenvalue weighted by Gasteiger charge is 2.31. The Morgan fingerprint density at radius 2 is 1.81 bits per heavy atom. The maximum Gasteiger partial charge on any atom is 0.253 e. The Balaban J connectivity index is 1.34. The number of benzene rings is 2. The molecule has 164 valence electrons. The first-order chi connectivity index (χ1) is 15.0. The highest BCUT2D eigenvalue weighted by Crippen LogP contribution is 2.32. The van der Waals surface area contributed by atoms with Gasteiger partial charge in [-0.15, -0.1) is 11.8 Å². The first-order valence-corrected chi connectivity index (χ1v) is 12.1. The van der Waals surface area contributed by atoms with Gasteiger partial charge in [0.2, 0.25) is 0 Å². The third kappa shape index (κ3) is 5.55. The van der Waals surface area contributed by atoms with E-state index >= 15 is 0 Å². The first-order valence-electron chi connectivity index (χ1n) is 10.4. The molecule has 1 unspecified atom stereocenters. The third-order valence-electron chi connectivity index (χ3n) is 5.55. The average molecular weight is 479 g/mol. The van der Waals surface area contributed by atoms with Gasteiger partial charge in [0.1, 0.15) is 6.10 Å². The normalized spacial score (nSPS) is 19.0. The summed E-state index contributed by atoms with van der Waals surface area (Å²) in [6, 6.07) is 13.1. The summed E-state index contributed by atoms with van der Waals surface area (Å²) in [7, 11) is 0. The molecule has 4 rings (SSSR count). The highest BCUT2D eigenvalue weighted by molar-refractivity contribution is 7.98. The van der Waals surface area contributed by atoms with Crippen molar-refractivity contribution in [1.29, 1.82) is 0 Å². The molecule has 2 fully saturated rings. The summed E-state index contributed by atoms with van der Waals surface area (Å²) >= 11 is 13.9. The molecule has 5 nitrogen and oxygen atoms in total. The Kier molecular flexibility index (Phi) is 7.43. The molecular weight excluding hydrogens is 455 g/mol. The summed E-state index contributed by atoms with van der Waals surface area (Å²) in [4.78, 5) is 30.1. The quantitative estimate of drug-likeness (QED) is 0.581. The number of hydrogen-bond donors (Lipinski definition) is 0. The number of thioether (sulfide) groups is 1. The lowest BCUT2D eigenvalue weighted by molar-refractivity contribution is -0.142. The van der Waals surface area contributed by atoms with Crippen LogP contribution in [0.25, 0.3) is 0 Å². The topological polar surface area (TPSA) is 49.9 Å². The van der Waals surface area contributed by atoms with Crippen molar-refractivity contribution >= 4 is 46.8 Å². The molecule has 2 aliphatic heterocycles. The van der Waals surface area contributed by atoms with Gasteiger partial charge in [0.25, 0.3) is 11.8 Å². The number of amides is 2. The summed E-state index contributed by atoms with van der Waals surface area (Å²) in [6.07, 6.45) is 1.43. The van der Waals surface area contributed by atoms with Gasteiger partial charge in [-0.05, 0) is 48.7 Å². The van der Waals surface area contributed by atoms with Gasteiger partial charge in [0.05, 0.1) is 5.02 Å². The molecule has 0 radical (unpaired) electrons. The lowest BCUT2D eigenvalue weighted by Gasteiger charge is -2.35. The number of halogens is 2. The van der Waals surface area contributed by atoms with Gasteiger partial charge in [-0.2, -0.15) is 0 Å². The average Bonchev–Trinajstić information content (AvgIpc) is 3.34. The van der Waals surface area contributed by atoms with Crippen LogP contribution in [0, 0.1) is 0 Å². The fraction of sp³-hybridized carbons (Fsp3) is 0.391. The van der Waals surface area contributed by atoms with E-state index in [0.29, 0.717) is 54.1 Å². The van der Waals surface area contributed by atoms with Crippen molar-refractivity contribution in [3.8, 4) is 0 Å². The minimum absolute atomic E-state index is 0.00291. The largest absolute Gasteiger partial charge is 0.368 e. The fourth-order valence-electron chi connectivity index (χ4n) is 3.83. The van der Waals surface area contributed by atoms with E-state index in [1.165, 1.54) is 0 Å². The monoisotopic (exact) mass is 478 g/mol. The summed E-state index contributed by atoms with van der Waals surface area (Å²) in [5, 5.41) is 1.31. The Morgan fingerprint density at radius 1 is 1.03 bits per heavy atom. The smallest absolute Gasteiger partial charge is 0.253 e. The van der Waals surface area contributed by atoms with Gasteiger partial charge >= 0.3 is 0 Å². The molecule has 2 amide bonds. The zero-order valence-corrected chi connectivity index (χ0v) is 19.4. The predicted molar refractivity (Wildman–Crippen MR) is 124 cm³/mol. The maximum absolute atomic E-state index is 13.0. The van der Waals surface area contributed by atoms with Crippen LogP contribution in [0.4, 0.5) is 0 Å². The van der Waals surface area contributed by atoms with Crippen molar-refractivity contribution in [2.75, 3.05) is 32.8 Å².